The fourth-order valence-corrected chi connectivity index (χ4v) is 2.85. The molecule has 1 saturated carbocycles. The minimum absolute atomic E-state index is 0.463. The normalized spacial score (nSPS) is 21.7. The number of nitrogens with zero attached hydrogens (tertiary/aromatic N) is 1. The number of ketones is 1. The molecule has 2 nitrogen and oxygen atoms in total. The molecule has 1 aliphatic carbocycles. The predicted molar refractivity (Wildman–Crippen MR) is 68.6 cm³/mol. The standard InChI is InChI=1S/C14H27NO/c1-5-12(6-2)15(10-11(3)4)13-7-8-14(16)9-13/h11-13H,5-10H2,1-4H3. The van der Waals surface area contributed by atoms with Gasteiger partial charge in [0.2, 0.25) is 0 Å². The Bertz CT molecular complexity index is 221. The van der Waals surface area contributed by atoms with Crippen LogP contribution >= 0.6 is 0 Å². The number of carbonyl (C=O) groups is 1. The van der Waals surface area contributed by atoms with Gasteiger partial charge in [0.15, 0.2) is 0 Å². The van der Waals surface area contributed by atoms with Crippen LogP contribution < -0.4 is 0 Å². The molecule has 0 heterocycles. The molecule has 1 rings (SSSR count). The summed E-state index contributed by atoms with van der Waals surface area (Å²) < 4.78 is 0. The zero-order valence-electron chi connectivity index (χ0n) is 11.3. The molecule has 0 radical (unpaired) electrons. The maximum absolute atomic E-state index is 11.4. The molecule has 1 atom stereocenters. The van der Waals surface area contributed by atoms with Crippen LogP contribution in [0.1, 0.15) is 59.8 Å². The van der Waals surface area contributed by atoms with Crippen molar-refractivity contribution in [3.05, 3.63) is 0 Å². The van der Waals surface area contributed by atoms with E-state index in [2.05, 4.69) is 32.6 Å². The summed E-state index contributed by atoms with van der Waals surface area (Å²) in [5.41, 5.74) is 0. The molecule has 1 unspecified atom stereocenters. The molecule has 0 amide bonds. The molecular formula is C14H27NO. The van der Waals surface area contributed by atoms with Gasteiger partial charge in [-0.1, -0.05) is 27.7 Å². The average Bonchev–Trinajstić information content (AvgIpc) is 2.64. The van der Waals surface area contributed by atoms with Gasteiger partial charge < -0.3 is 0 Å². The lowest BCUT2D eigenvalue weighted by atomic mass is 10.0. The highest BCUT2D eigenvalue weighted by atomic mass is 16.1. The Labute approximate surface area is 100 Å². The fraction of sp³-hybridized carbons (Fsp3) is 0.929. The summed E-state index contributed by atoms with van der Waals surface area (Å²) in [6, 6.07) is 1.19. The summed E-state index contributed by atoms with van der Waals surface area (Å²) in [4.78, 5) is 14.0. The first-order valence-electron chi connectivity index (χ1n) is 6.85. The summed E-state index contributed by atoms with van der Waals surface area (Å²) in [7, 11) is 0. The molecule has 0 N–H and O–H groups in total. The first-order chi connectivity index (χ1) is 7.58. The van der Waals surface area contributed by atoms with Crippen molar-refractivity contribution in [2.45, 2.75) is 71.9 Å². The lowest BCUT2D eigenvalue weighted by molar-refractivity contribution is -0.117. The third kappa shape index (κ3) is 3.58. The Balaban J connectivity index is 2.65. The number of Topliss-reactive ketones (excluding diaryl/α,β-unsaturated/α-hetero) is 1. The lowest BCUT2D eigenvalue weighted by Gasteiger charge is -2.36. The van der Waals surface area contributed by atoms with E-state index in [0.717, 1.165) is 25.8 Å². The number of rotatable bonds is 6. The van der Waals surface area contributed by atoms with E-state index in [1.807, 2.05) is 0 Å². The van der Waals surface area contributed by atoms with Crippen LogP contribution in [0.25, 0.3) is 0 Å². The van der Waals surface area contributed by atoms with E-state index in [-0.39, 0.29) is 0 Å². The van der Waals surface area contributed by atoms with Crippen LogP contribution in [0.5, 0.6) is 0 Å². The van der Waals surface area contributed by atoms with Gasteiger partial charge in [0.1, 0.15) is 5.78 Å². The van der Waals surface area contributed by atoms with Crippen molar-refractivity contribution >= 4 is 5.78 Å². The van der Waals surface area contributed by atoms with Crippen molar-refractivity contribution < 1.29 is 4.79 Å². The van der Waals surface area contributed by atoms with Crippen molar-refractivity contribution in [2.24, 2.45) is 5.92 Å². The molecule has 1 fully saturated rings. The second-order valence-electron chi connectivity index (χ2n) is 5.50. The summed E-state index contributed by atoms with van der Waals surface area (Å²) in [6.07, 6.45) is 5.09. The maximum Gasteiger partial charge on any atom is 0.134 e. The van der Waals surface area contributed by atoms with Gasteiger partial charge in [0.05, 0.1) is 0 Å². The molecule has 16 heavy (non-hydrogen) atoms. The first kappa shape index (κ1) is 13.7. The molecule has 0 aromatic heterocycles. The highest BCUT2D eigenvalue weighted by Gasteiger charge is 2.30. The van der Waals surface area contributed by atoms with Crippen molar-refractivity contribution in [3.8, 4) is 0 Å². The van der Waals surface area contributed by atoms with Crippen molar-refractivity contribution in [3.63, 3.8) is 0 Å². The van der Waals surface area contributed by atoms with Gasteiger partial charge in [-0.15, -0.1) is 0 Å². The zero-order valence-corrected chi connectivity index (χ0v) is 11.3. The van der Waals surface area contributed by atoms with Crippen LogP contribution in [-0.2, 0) is 4.79 Å². The lowest BCUT2D eigenvalue weighted by Crippen LogP contribution is -2.43. The van der Waals surface area contributed by atoms with Crippen LogP contribution in [0.15, 0.2) is 0 Å². The Morgan fingerprint density at radius 3 is 2.31 bits per heavy atom. The smallest absolute Gasteiger partial charge is 0.134 e. The number of hydrogen-bond donors (Lipinski definition) is 0. The molecule has 2 heteroatoms. The molecule has 0 aliphatic heterocycles. The van der Waals surface area contributed by atoms with Gasteiger partial charge in [0, 0.05) is 31.5 Å². The molecule has 0 bridgehead atoms. The predicted octanol–water partition coefficient (Wildman–Crippen LogP) is 3.25. The van der Waals surface area contributed by atoms with Gasteiger partial charge >= 0.3 is 0 Å². The van der Waals surface area contributed by atoms with E-state index in [4.69, 9.17) is 0 Å². The van der Waals surface area contributed by atoms with Gasteiger partial charge in [0.25, 0.3) is 0 Å². The van der Waals surface area contributed by atoms with Crippen molar-refractivity contribution in [1.82, 2.24) is 4.90 Å². The van der Waals surface area contributed by atoms with E-state index in [1.54, 1.807) is 0 Å². The summed E-state index contributed by atoms with van der Waals surface area (Å²) in [5.74, 6) is 1.15. The highest BCUT2D eigenvalue weighted by Crippen LogP contribution is 2.25. The van der Waals surface area contributed by atoms with Gasteiger partial charge in [-0.25, -0.2) is 0 Å². The van der Waals surface area contributed by atoms with E-state index in [9.17, 15) is 4.79 Å². The molecule has 0 aromatic carbocycles. The van der Waals surface area contributed by atoms with E-state index >= 15 is 0 Å². The van der Waals surface area contributed by atoms with Crippen molar-refractivity contribution in [2.75, 3.05) is 6.54 Å². The van der Waals surface area contributed by atoms with Crippen molar-refractivity contribution in [1.29, 1.82) is 0 Å². The van der Waals surface area contributed by atoms with Gasteiger partial charge in [-0.05, 0) is 25.2 Å². The third-order valence-electron chi connectivity index (χ3n) is 3.68. The summed E-state index contributed by atoms with van der Waals surface area (Å²) in [5, 5.41) is 0. The fourth-order valence-electron chi connectivity index (χ4n) is 2.85. The molecule has 0 aromatic rings. The number of carbonyl (C=O) groups excluding carboxylic acids is 1. The van der Waals surface area contributed by atoms with Crippen LogP contribution in [0.4, 0.5) is 0 Å². The topological polar surface area (TPSA) is 20.3 Å². The van der Waals surface area contributed by atoms with Gasteiger partial charge in [-0.2, -0.15) is 0 Å². The Morgan fingerprint density at radius 2 is 1.94 bits per heavy atom. The van der Waals surface area contributed by atoms with Crippen LogP contribution in [0, 0.1) is 5.92 Å². The average molecular weight is 225 g/mol. The van der Waals surface area contributed by atoms with Crippen LogP contribution in [-0.4, -0.2) is 29.3 Å². The minimum Gasteiger partial charge on any atom is -0.300 e. The molecule has 94 valence electrons. The number of hydrogen-bond acceptors (Lipinski definition) is 2. The quantitative estimate of drug-likeness (QED) is 0.691. The maximum atomic E-state index is 11.4. The highest BCUT2D eigenvalue weighted by molar-refractivity contribution is 5.81. The second kappa shape index (κ2) is 6.39. The van der Waals surface area contributed by atoms with E-state index in [0.29, 0.717) is 23.8 Å². The van der Waals surface area contributed by atoms with E-state index < -0.39 is 0 Å². The zero-order chi connectivity index (χ0) is 12.1. The monoisotopic (exact) mass is 225 g/mol. The van der Waals surface area contributed by atoms with Crippen LogP contribution in [0.2, 0.25) is 0 Å². The second-order valence-corrected chi connectivity index (χ2v) is 5.50. The molecule has 1 aliphatic rings. The van der Waals surface area contributed by atoms with E-state index in [1.165, 1.54) is 12.8 Å². The van der Waals surface area contributed by atoms with Gasteiger partial charge in [-0.3, -0.25) is 9.69 Å². The van der Waals surface area contributed by atoms with Crippen LogP contribution in [0.3, 0.4) is 0 Å². The Kier molecular flexibility index (Phi) is 5.47. The minimum atomic E-state index is 0.463. The largest absolute Gasteiger partial charge is 0.300 e. The molecular weight excluding hydrogens is 198 g/mol. The summed E-state index contributed by atoms with van der Waals surface area (Å²) >= 11 is 0. The Morgan fingerprint density at radius 1 is 1.31 bits per heavy atom. The molecule has 0 spiro atoms. The summed E-state index contributed by atoms with van der Waals surface area (Å²) in [6.45, 7) is 10.2. The third-order valence-corrected chi connectivity index (χ3v) is 3.68. The first-order valence-corrected chi connectivity index (χ1v) is 6.85. The Hall–Kier alpha value is -0.370. The molecule has 0 saturated heterocycles. The SMILES string of the molecule is CCC(CC)N(CC(C)C)C1CCC(=O)C1.